The third-order valence-corrected chi connectivity index (χ3v) is 12.4. The minimum atomic E-state index is 0.541. The van der Waals surface area contributed by atoms with Crippen molar-refractivity contribution < 1.29 is 4.42 Å². The number of hydrogen-bond acceptors (Lipinski definition) is 4. The average molecular weight is 806 g/mol. The van der Waals surface area contributed by atoms with Gasteiger partial charge in [-0.3, -0.25) is 4.57 Å². The van der Waals surface area contributed by atoms with Gasteiger partial charge in [-0.25, -0.2) is 4.98 Å². The Balaban J connectivity index is 1.08. The van der Waals surface area contributed by atoms with Crippen LogP contribution >= 0.6 is 0 Å². The summed E-state index contributed by atoms with van der Waals surface area (Å²) in [6, 6.07) is 74.6. The fraction of sp³-hybridized carbons (Fsp3) is 0. The summed E-state index contributed by atoms with van der Waals surface area (Å²) in [4.78, 5) is 15.9. The first kappa shape index (κ1) is 35.2. The Morgan fingerprint density at radius 2 is 0.810 bits per heavy atom. The van der Waals surface area contributed by atoms with E-state index in [-0.39, 0.29) is 0 Å². The maximum absolute atomic E-state index is 6.22. The van der Waals surface area contributed by atoms with Gasteiger partial charge in [0.15, 0.2) is 11.6 Å². The van der Waals surface area contributed by atoms with Crippen molar-refractivity contribution >= 4 is 65.6 Å². The van der Waals surface area contributed by atoms with E-state index in [1.54, 1.807) is 0 Å². The molecule has 0 aliphatic carbocycles. The van der Waals surface area contributed by atoms with Crippen LogP contribution in [0.2, 0.25) is 0 Å². The van der Waals surface area contributed by atoms with Crippen molar-refractivity contribution in [1.82, 2.24) is 24.1 Å². The zero-order valence-corrected chi connectivity index (χ0v) is 33.9. The number of nitrogens with zero attached hydrogens (tertiary/aromatic N) is 5. The molecule has 0 N–H and O–H groups in total. The molecule has 4 aromatic heterocycles. The first-order valence-corrected chi connectivity index (χ1v) is 21.2. The van der Waals surface area contributed by atoms with E-state index in [1.165, 1.54) is 16.5 Å². The van der Waals surface area contributed by atoms with Crippen LogP contribution in [-0.2, 0) is 0 Å². The molecule has 0 unspecified atom stereocenters. The van der Waals surface area contributed by atoms with Crippen molar-refractivity contribution in [3.05, 3.63) is 212 Å². The highest BCUT2D eigenvalue weighted by Crippen LogP contribution is 2.42. The second kappa shape index (κ2) is 14.0. The Labute approximate surface area is 361 Å². The lowest BCUT2D eigenvalue weighted by atomic mass is 10.00. The number of fused-ring (bicyclic) bond motifs is 10. The molecule has 6 heteroatoms. The summed E-state index contributed by atoms with van der Waals surface area (Å²) in [5.74, 6) is 1.71. The quantitative estimate of drug-likeness (QED) is 0.168. The summed E-state index contributed by atoms with van der Waals surface area (Å²) in [6.07, 6.45) is 0. The van der Waals surface area contributed by atoms with Crippen LogP contribution in [0.4, 0.5) is 0 Å². The lowest BCUT2D eigenvalue weighted by molar-refractivity contribution is 0.669. The molecule has 9 aromatic carbocycles. The van der Waals surface area contributed by atoms with Crippen LogP contribution < -0.4 is 0 Å². The third kappa shape index (κ3) is 5.62. The molecule has 0 atom stereocenters. The topological polar surface area (TPSA) is 61.7 Å². The molecule has 0 bridgehead atoms. The van der Waals surface area contributed by atoms with Gasteiger partial charge in [-0.05, 0) is 70.8 Å². The maximum Gasteiger partial charge on any atom is 0.238 e. The fourth-order valence-electron chi connectivity index (χ4n) is 9.46. The van der Waals surface area contributed by atoms with Gasteiger partial charge in [-0.2, -0.15) is 9.97 Å². The molecular weight excluding hydrogens is 771 g/mol. The van der Waals surface area contributed by atoms with Crippen molar-refractivity contribution in [2.45, 2.75) is 0 Å². The fourth-order valence-corrected chi connectivity index (χ4v) is 9.46. The van der Waals surface area contributed by atoms with Crippen LogP contribution in [0.5, 0.6) is 0 Å². The molecule has 4 heterocycles. The van der Waals surface area contributed by atoms with Gasteiger partial charge in [0.2, 0.25) is 5.95 Å². The van der Waals surface area contributed by atoms with Gasteiger partial charge in [0.05, 0.1) is 22.1 Å². The van der Waals surface area contributed by atoms with Gasteiger partial charge < -0.3 is 8.98 Å². The van der Waals surface area contributed by atoms with Gasteiger partial charge >= 0.3 is 0 Å². The van der Waals surface area contributed by atoms with E-state index in [2.05, 4.69) is 173 Å². The summed E-state index contributed by atoms with van der Waals surface area (Å²) in [7, 11) is 0. The van der Waals surface area contributed by atoms with E-state index in [1.807, 2.05) is 48.5 Å². The SMILES string of the molecule is c1ccc(-c2ccc(-c3cccc(-n4c5ccccc5c5ccc6c7ccccc7n(-c7nc(-c8ccccc8)nc(-c8ccc9oc%10ccccc%10c9c8)n7)c6c54)c3)cc2)cc1. The molecule has 6 nitrogen and oxygen atoms in total. The zero-order valence-electron chi connectivity index (χ0n) is 33.9. The molecule has 294 valence electrons. The Morgan fingerprint density at radius 1 is 0.302 bits per heavy atom. The lowest BCUT2D eigenvalue weighted by Gasteiger charge is -2.14. The van der Waals surface area contributed by atoms with Gasteiger partial charge in [0.1, 0.15) is 11.2 Å². The Bertz CT molecular complexity index is 3900. The molecule has 13 aromatic rings. The molecule has 0 radical (unpaired) electrons. The van der Waals surface area contributed by atoms with Crippen LogP contribution in [0, 0.1) is 0 Å². The van der Waals surface area contributed by atoms with Crippen molar-refractivity contribution in [3.8, 4) is 56.7 Å². The standard InChI is InChI=1S/C57H35N5O/c1-3-14-36(15-4-1)37-26-28-38(29-27-37)40-18-13-19-42(34-40)61-49-23-10-7-20-43(49)46-31-32-47-44-21-8-11-24-50(44)62(54(47)53(46)61)57-59-55(39-16-5-2-6-17-39)58-56(60-57)41-30-33-52-48(35-41)45-22-9-12-25-51(45)63-52/h1-35H. The van der Waals surface area contributed by atoms with Crippen LogP contribution in [0.25, 0.3) is 122 Å². The van der Waals surface area contributed by atoms with E-state index >= 15 is 0 Å². The van der Waals surface area contributed by atoms with Crippen molar-refractivity contribution in [3.63, 3.8) is 0 Å². The van der Waals surface area contributed by atoms with Gasteiger partial charge in [-0.1, -0.05) is 164 Å². The van der Waals surface area contributed by atoms with Crippen molar-refractivity contribution in [2.75, 3.05) is 0 Å². The monoisotopic (exact) mass is 805 g/mol. The lowest BCUT2D eigenvalue weighted by Crippen LogP contribution is -2.07. The molecule has 13 rings (SSSR count). The minimum Gasteiger partial charge on any atom is -0.456 e. The summed E-state index contributed by atoms with van der Waals surface area (Å²) >= 11 is 0. The van der Waals surface area contributed by atoms with E-state index in [9.17, 15) is 0 Å². The van der Waals surface area contributed by atoms with Gasteiger partial charge in [0, 0.05) is 49.1 Å². The van der Waals surface area contributed by atoms with Crippen LogP contribution in [0.1, 0.15) is 0 Å². The van der Waals surface area contributed by atoms with Crippen molar-refractivity contribution in [1.29, 1.82) is 0 Å². The zero-order chi connectivity index (χ0) is 41.4. The molecule has 0 amide bonds. The van der Waals surface area contributed by atoms with E-state index in [4.69, 9.17) is 19.4 Å². The number of furan rings is 1. The van der Waals surface area contributed by atoms with Crippen LogP contribution in [0.15, 0.2) is 217 Å². The number of hydrogen-bond donors (Lipinski definition) is 0. The normalized spacial score (nSPS) is 11.8. The molecule has 63 heavy (non-hydrogen) atoms. The minimum absolute atomic E-state index is 0.541. The van der Waals surface area contributed by atoms with Gasteiger partial charge in [0.25, 0.3) is 0 Å². The summed E-state index contributed by atoms with van der Waals surface area (Å²) in [5.41, 5.74) is 13.5. The number of benzene rings is 9. The highest BCUT2D eigenvalue weighted by atomic mass is 16.3. The predicted molar refractivity (Wildman–Crippen MR) is 258 cm³/mol. The smallest absolute Gasteiger partial charge is 0.238 e. The molecule has 0 saturated heterocycles. The van der Waals surface area contributed by atoms with E-state index in [0.717, 1.165) is 88.1 Å². The van der Waals surface area contributed by atoms with Crippen LogP contribution in [0.3, 0.4) is 0 Å². The first-order chi connectivity index (χ1) is 31.2. The Hall–Kier alpha value is -8.61. The molecule has 0 fully saturated rings. The number of aromatic nitrogens is 5. The highest BCUT2D eigenvalue weighted by molar-refractivity contribution is 6.23. The molecule has 0 aliphatic heterocycles. The molecule has 0 saturated carbocycles. The summed E-state index contributed by atoms with van der Waals surface area (Å²) < 4.78 is 10.9. The average Bonchev–Trinajstić information content (AvgIpc) is 4.02. The second-order valence-electron chi connectivity index (χ2n) is 16.0. The van der Waals surface area contributed by atoms with Gasteiger partial charge in [-0.15, -0.1) is 0 Å². The largest absolute Gasteiger partial charge is 0.456 e. The molecule has 0 spiro atoms. The molecular formula is C57H35N5O. The number of rotatable bonds is 6. The highest BCUT2D eigenvalue weighted by Gasteiger charge is 2.24. The van der Waals surface area contributed by atoms with Crippen LogP contribution in [-0.4, -0.2) is 24.1 Å². The maximum atomic E-state index is 6.22. The van der Waals surface area contributed by atoms with E-state index < -0.39 is 0 Å². The summed E-state index contributed by atoms with van der Waals surface area (Å²) in [5, 5.41) is 6.62. The first-order valence-electron chi connectivity index (χ1n) is 21.2. The second-order valence-corrected chi connectivity index (χ2v) is 16.0. The third-order valence-electron chi connectivity index (χ3n) is 12.4. The predicted octanol–water partition coefficient (Wildman–Crippen LogP) is 14.6. The Kier molecular flexibility index (Phi) is 7.80. The van der Waals surface area contributed by atoms with Crippen molar-refractivity contribution in [2.24, 2.45) is 0 Å². The Morgan fingerprint density at radius 3 is 1.52 bits per heavy atom. The molecule has 0 aliphatic rings. The summed E-state index contributed by atoms with van der Waals surface area (Å²) in [6.45, 7) is 0. The van der Waals surface area contributed by atoms with E-state index in [0.29, 0.717) is 17.6 Å². The number of para-hydroxylation sites is 3.